The first-order chi connectivity index (χ1) is 16.1. The Bertz CT molecular complexity index is 1690. The first kappa shape index (κ1) is 18.5. The predicted octanol–water partition coefficient (Wildman–Crippen LogP) is 7.72. The molecule has 3 nitrogen and oxygen atoms in total. The third kappa shape index (κ3) is 2.48. The van der Waals surface area contributed by atoms with Gasteiger partial charge < -0.3 is 4.42 Å². The van der Waals surface area contributed by atoms with Crippen molar-refractivity contribution in [2.24, 2.45) is 0 Å². The molecule has 0 fully saturated rings. The summed E-state index contributed by atoms with van der Waals surface area (Å²) in [5.74, 6) is 0.619. The SMILES string of the molecule is CC1(C)c2ccccc2-c2ccc(-c3c(-c4ccccc4)nc4oc5ccccc5n34)cc21. The number of aromatic nitrogens is 2. The molecule has 6 aromatic rings. The second kappa shape index (κ2) is 6.46. The molecule has 33 heavy (non-hydrogen) atoms. The van der Waals surface area contributed by atoms with E-state index < -0.39 is 0 Å². The average Bonchev–Trinajstić information content (AvgIpc) is 3.47. The molecule has 1 aliphatic rings. The van der Waals surface area contributed by atoms with Gasteiger partial charge in [-0.2, -0.15) is 4.98 Å². The standard InChI is InChI=1S/C30H22N2O/c1-30(2)23-13-7-6-12-21(23)22-17-16-20(18-24(22)30)28-27(19-10-4-3-5-11-19)31-29-32(28)25-14-8-9-15-26(25)33-29/h3-18H,1-2H3. The first-order valence-electron chi connectivity index (χ1n) is 11.3. The lowest BCUT2D eigenvalue weighted by Crippen LogP contribution is -2.14. The zero-order valence-electron chi connectivity index (χ0n) is 18.5. The zero-order chi connectivity index (χ0) is 22.2. The molecule has 4 aromatic carbocycles. The number of benzene rings is 4. The van der Waals surface area contributed by atoms with E-state index in [0.29, 0.717) is 5.84 Å². The largest absolute Gasteiger partial charge is 0.423 e. The van der Waals surface area contributed by atoms with Gasteiger partial charge in [0.15, 0.2) is 5.58 Å². The van der Waals surface area contributed by atoms with Gasteiger partial charge in [-0.3, -0.25) is 4.40 Å². The minimum Gasteiger partial charge on any atom is -0.423 e. The van der Waals surface area contributed by atoms with E-state index in [-0.39, 0.29) is 5.41 Å². The van der Waals surface area contributed by atoms with E-state index in [1.807, 2.05) is 24.3 Å². The fraction of sp³-hybridized carbons (Fsp3) is 0.100. The molecule has 7 rings (SSSR count). The maximum Gasteiger partial charge on any atom is 0.307 e. The van der Waals surface area contributed by atoms with Gasteiger partial charge in [0, 0.05) is 16.5 Å². The maximum atomic E-state index is 6.15. The average molecular weight is 427 g/mol. The molecule has 0 atom stereocenters. The quantitative estimate of drug-likeness (QED) is 0.284. The Kier molecular flexibility index (Phi) is 3.61. The lowest BCUT2D eigenvalue weighted by molar-refractivity contribution is 0.642. The molecule has 0 unspecified atom stereocenters. The minimum absolute atomic E-state index is 0.0584. The Morgan fingerprint density at radius 3 is 2.30 bits per heavy atom. The second-order valence-electron chi connectivity index (χ2n) is 9.29. The van der Waals surface area contributed by atoms with E-state index in [2.05, 4.69) is 91.0 Å². The molecule has 0 saturated carbocycles. The van der Waals surface area contributed by atoms with E-state index >= 15 is 0 Å². The predicted molar refractivity (Wildman–Crippen MR) is 133 cm³/mol. The summed E-state index contributed by atoms with van der Waals surface area (Å²) in [5, 5.41) is 0. The highest BCUT2D eigenvalue weighted by Gasteiger charge is 2.35. The lowest BCUT2D eigenvalue weighted by atomic mass is 9.82. The van der Waals surface area contributed by atoms with Gasteiger partial charge in [-0.05, 0) is 40.5 Å². The Balaban J connectivity index is 1.55. The van der Waals surface area contributed by atoms with Gasteiger partial charge in [0.25, 0.3) is 0 Å². The van der Waals surface area contributed by atoms with E-state index in [0.717, 1.165) is 33.6 Å². The number of hydrogen-bond donors (Lipinski definition) is 0. The topological polar surface area (TPSA) is 30.4 Å². The molecule has 158 valence electrons. The van der Waals surface area contributed by atoms with Crippen LogP contribution in [0.2, 0.25) is 0 Å². The van der Waals surface area contributed by atoms with E-state index in [1.165, 1.54) is 22.3 Å². The summed E-state index contributed by atoms with van der Waals surface area (Å²) in [6, 6.07) is 34.1. The van der Waals surface area contributed by atoms with E-state index in [1.54, 1.807) is 0 Å². The summed E-state index contributed by atoms with van der Waals surface area (Å²) in [6.45, 7) is 4.64. The van der Waals surface area contributed by atoms with Gasteiger partial charge >= 0.3 is 5.84 Å². The van der Waals surface area contributed by atoms with Crippen LogP contribution in [-0.4, -0.2) is 9.38 Å². The Hall–Kier alpha value is -4.11. The molecule has 0 bridgehead atoms. The second-order valence-corrected chi connectivity index (χ2v) is 9.29. The molecule has 0 radical (unpaired) electrons. The van der Waals surface area contributed by atoms with Gasteiger partial charge in [0.2, 0.25) is 0 Å². The summed E-state index contributed by atoms with van der Waals surface area (Å²) in [6.07, 6.45) is 0. The van der Waals surface area contributed by atoms with Crippen molar-refractivity contribution in [1.82, 2.24) is 9.38 Å². The monoisotopic (exact) mass is 426 g/mol. The van der Waals surface area contributed by atoms with Crippen molar-refractivity contribution in [1.29, 1.82) is 0 Å². The normalized spacial score (nSPS) is 14.0. The minimum atomic E-state index is -0.0584. The van der Waals surface area contributed by atoms with Crippen molar-refractivity contribution in [3.63, 3.8) is 0 Å². The van der Waals surface area contributed by atoms with Crippen molar-refractivity contribution in [3.05, 3.63) is 108 Å². The smallest absolute Gasteiger partial charge is 0.307 e. The highest BCUT2D eigenvalue weighted by Crippen LogP contribution is 2.50. The van der Waals surface area contributed by atoms with Crippen LogP contribution in [0, 0.1) is 0 Å². The van der Waals surface area contributed by atoms with Crippen molar-refractivity contribution >= 4 is 16.9 Å². The number of hydrogen-bond acceptors (Lipinski definition) is 2. The van der Waals surface area contributed by atoms with E-state index in [9.17, 15) is 0 Å². The van der Waals surface area contributed by atoms with Crippen LogP contribution < -0.4 is 0 Å². The number of oxazole rings is 1. The molecular formula is C30H22N2O. The molecule has 2 aromatic heterocycles. The number of para-hydroxylation sites is 2. The van der Waals surface area contributed by atoms with Crippen LogP contribution in [0.1, 0.15) is 25.0 Å². The number of fused-ring (bicyclic) bond motifs is 6. The summed E-state index contributed by atoms with van der Waals surface area (Å²) in [4.78, 5) is 4.96. The summed E-state index contributed by atoms with van der Waals surface area (Å²) in [7, 11) is 0. The van der Waals surface area contributed by atoms with Crippen LogP contribution >= 0.6 is 0 Å². The number of imidazole rings is 1. The fourth-order valence-electron chi connectivity index (χ4n) is 5.43. The molecule has 3 heteroatoms. The fourth-order valence-corrected chi connectivity index (χ4v) is 5.43. The number of rotatable bonds is 2. The third-order valence-electron chi connectivity index (χ3n) is 7.06. The molecular weight excluding hydrogens is 404 g/mol. The van der Waals surface area contributed by atoms with Crippen LogP contribution in [0.5, 0.6) is 0 Å². The van der Waals surface area contributed by atoms with Crippen LogP contribution in [0.4, 0.5) is 0 Å². The lowest BCUT2D eigenvalue weighted by Gasteiger charge is -2.22. The number of nitrogens with zero attached hydrogens (tertiary/aromatic N) is 2. The van der Waals surface area contributed by atoms with Gasteiger partial charge in [-0.25, -0.2) is 0 Å². The molecule has 0 N–H and O–H groups in total. The molecule has 0 saturated heterocycles. The Morgan fingerprint density at radius 2 is 1.42 bits per heavy atom. The van der Waals surface area contributed by atoms with Gasteiger partial charge in [-0.15, -0.1) is 0 Å². The van der Waals surface area contributed by atoms with Gasteiger partial charge in [0.1, 0.15) is 5.69 Å². The molecule has 1 aliphatic carbocycles. The molecule has 0 amide bonds. The van der Waals surface area contributed by atoms with Crippen molar-refractivity contribution in [2.45, 2.75) is 19.3 Å². The van der Waals surface area contributed by atoms with Crippen LogP contribution in [0.25, 0.3) is 50.6 Å². The van der Waals surface area contributed by atoms with Crippen LogP contribution in [0.15, 0.2) is 101 Å². The Morgan fingerprint density at radius 1 is 0.697 bits per heavy atom. The van der Waals surface area contributed by atoms with Crippen molar-refractivity contribution in [2.75, 3.05) is 0 Å². The first-order valence-corrected chi connectivity index (χ1v) is 11.3. The van der Waals surface area contributed by atoms with Gasteiger partial charge in [-0.1, -0.05) is 92.7 Å². The zero-order valence-corrected chi connectivity index (χ0v) is 18.5. The van der Waals surface area contributed by atoms with Crippen molar-refractivity contribution < 1.29 is 4.42 Å². The highest BCUT2D eigenvalue weighted by molar-refractivity contribution is 5.90. The molecule has 0 spiro atoms. The van der Waals surface area contributed by atoms with Crippen LogP contribution in [0.3, 0.4) is 0 Å². The van der Waals surface area contributed by atoms with Gasteiger partial charge in [0.05, 0.1) is 11.2 Å². The molecule has 2 heterocycles. The van der Waals surface area contributed by atoms with Crippen LogP contribution in [-0.2, 0) is 5.41 Å². The highest BCUT2D eigenvalue weighted by atomic mass is 16.4. The van der Waals surface area contributed by atoms with E-state index in [4.69, 9.17) is 9.40 Å². The molecule has 0 aliphatic heterocycles. The maximum absolute atomic E-state index is 6.15. The third-order valence-corrected chi connectivity index (χ3v) is 7.06. The summed E-state index contributed by atoms with van der Waals surface area (Å²) in [5.41, 5.74) is 11.4. The Labute approximate surface area is 192 Å². The van der Waals surface area contributed by atoms with Crippen molar-refractivity contribution in [3.8, 4) is 33.6 Å². The summed E-state index contributed by atoms with van der Waals surface area (Å²) < 4.78 is 8.31. The summed E-state index contributed by atoms with van der Waals surface area (Å²) >= 11 is 0.